The summed E-state index contributed by atoms with van der Waals surface area (Å²) in [4.78, 5) is 13.2. The van der Waals surface area contributed by atoms with E-state index in [1.54, 1.807) is 12.4 Å². The zero-order valence-electron chi connectivity index (χ0n) is 14.4. The van der Waals surface area contributed by atoms with E-state index in [1.807, 2.05) is 84.9 Å². The SMILES string of the molecule is [C-]#Cc1ccccc1.[Pt].c1ccc(-c2cccc(-c3ccccn3)n2)nc1. The number of rotatable bonds is 2. The number of hydrogen-bond donors (Lipinski definition) is 0. The largest absolute Gasteiger partial charge is 0.366 e. The molecule has 3 heterocycles. The van der Waals surface area contributed by atoms with Crippen LogP contribution in [0.3, 0.4) is 0 Å². The minimum absolute atomic E-state index is 0. The van der Waals surface area contributed by atoms with E-state index in [4.69, 9.17) is 6.42 Å². The number of pyridine rings is 3. The Kier molecular flexibility index (Phi) is 8.10. The Hall–Kier alpha value is -3.08. The van der Waals surface area contributed by atoms with Crippen LogP contribution in [-0.4, -0.2) is 15.0 Å². The molecule has 0 aliphatic heterocycles. The van der Waals surface area contributed by atoms with Crippen LogP contribution >= 0.6 is 0 Å². The first-order chi connectivity index (χ1) is 12.9. The van der Waals surface area contributed by atoms with Gasteiger partial charge in [-0.15, -0.1) is 17.7 Å². The van der Waals surface area contributed by atoms with Gasteiger partial charge in [0.05, 0.1) is 22.8 Å². The molecule has 0 N–H and O–H groups in total. The van der Waals surface area contributed by atoms with Gasteiger partial charge >= 0.3 is 0 Å². The van der Waals surface area contributed by atoms with Crippen LogP contribution in [0.4, 0.5) is 0 Å². The summed E-state index contributed by atoms with van der Waals surface area (Å²) in [6, 6.07) is 26.8. The van der Waals surface area contributed by atoms with E-state index in [0.29, 0.717) is 0 Å². The molecular formula is C23H16N3Pt-. The van der Waals surface area contributed by atoms with Crippen molar-refractivity contribution in [2.24, 2.45) is 0 Å². The van der Waals surface area contributed by atoms with E-state index in [2.05, 4.69) is 20.9 Å². The second-order valence-electron chi connectivity index (χ2n) is 5.33. The van der Waals surface area contributed by atoms with E-state index in [0.717, 1.165) is 28.3 Å². The maximum absolute atomic E-state index is 6.69. The van der Waals surface area contributed by atoms with Crippen LogP contribution in [0.2, 0.25) is 0 Å². The van der Waals surface area contributed by atoms with Gasteiger partial charge in [-0.25, -0.2) is 4.98 Å². The van der Waals surface area contributed by atoms with Gasteiger partial charge in [0, 0.05) is 33.5 Å². The third-order valence-corrected chi connectivity index (χ3v) is 3.52. The zero-order valence-corrected chi connectivity index (χ0v) is 16.7. The predicted molar refractivity (Wildman–Crippen MR) is 103 cm³/mol. The number of benzene rings is 1. The Morgan fingerprint density at radius 3 is 1.44 bits per heavy atom. The summed E-state index contributed by atoms with van der Waals surface area (Å²) in [6.45, 7) is 0. The molecule has 0 saturated heterocycles. The summed E-state index contributed by atoms with van der Waals surface area (Å²) >= 11 is 0. The van der Waals surface area contributed by atoms with Gasteiger partial charge in [-0.3, -0.25) is 15.9 Å². The fourth-order valence-corrected chi connectivity index (χ4v) is 2.27. The molecule has 0 amide bonds. The molecule has 3 aromatic heterocycles. The normalized spacial score (nSPS) is 9.15. The molecule has 4 rings (SSSR count). The molecule has 0 fully saturated rings. The van der Waals surface area contributed by atoms with Crippen molar-refractivity contribution in [3.05, 3.63) is 109 Å². The van der Waals surface area contributed by atoms with E-state index >= 15 is 0 Å². The van der Waals surface area contributed by atoms with E-state index in [-0.39, 0.29) is 21.1 Å². The van der Waals surface area contributed by atoms with Crippen LogP contribution in [0.15, 0.2) is 97.3 Å². The van der Waals surface area contributed by atoms with Crippen molar-refractivity contribution in [3.63, 3.8) is 0 Å². The van der Waals surface area contributed by atoms with E-state index < -0.39 is 0 Å². The van der Waals surface area contributed by atoms with Crippen molar-refractivity contribution in [2.45, 2.75) is 0 Å². The van der Waals surface area contributed by atoms with Gasteiger partial charge in [-0.1, -0.05) is 36.4 Å². The Morgan fingerprint density at radius 2 is 1.04 bits per heavy atom. The van der Waals surface area contributed by atoms with Crippen LogP contribution in [0.25, 0.3) is 22.8 Å². The van der Waals surface area contributed by atoms with Crippen LogP contribution in [0, 0.1) is 12.3 Å². The summed E-state index contributed by atoms with van der Waals surface area (Å²) in [5.74, 6) is 2.28. The van der Waals surface area contributed by atoms with Crippen LogP contribution < -0.4 is 0 Å². The molecule has 4 aromatic rings. The first-order valence-corrected chi connectivity index (χ1v) is 8.14. The summed E-state index contributed by atoms with van der Waals surface area (Å²) in [5, 5.41) is 0. The summed E-state index contributed by atoms with van der Waals surface area (Å²) in [7, 11) is 0. The molecule has 0 atom stereocenters. The number of aromatic nitrogens is 3. The third-order valence-electron chi connectivity index (χ3n) is 3.52. The third kappa shape index (κ3) is 5.99. The Bertz CT molecular complexity index is 927. The van der Waals surface area contributed by atoms with Gasteiger partial charge in [0.2, 0.25) is 0 Å². The van der Waals surface area contributed by atoms with Gasteiger partial charge in [0.15, 0.2) is 0 Å². The smallest absolute Gasteiger partial charge is 0.0894 e. The van der Waals surface area contributed by atoms with Crippen LogP contribution in [-0.2, 0) is 21.1 Å². The molecule has 27 heavy (non-hydrogen) atoms. The monoisotopic (exact) mass is 529 g/mol. The second-order valence-corrected chi connectivity index (χ2v) is 5.33. The van der Waals surface area contributed by atoms with E-state index in [1.165, 1.54) is 0 Å². The average Bonchev–Trinajstić information content (AvgIpc) is 2.76. The first kappa shape index (κ1) is 20.2. The fraction of sp³-hybridized carbons (Fsp3) is 0. The fourth-order valence-electron chi connectivity index (χ4n) is 2.27. The first-order valence-electron chi connectivity index (χ1n) is 8.14. The molecule has 4 heteroatoms. The molecular weight excluding hydrogens is 513 g/mol. The van der Waals surface area contributed by atoms with E-state index in [9.17, 15) is 0 Å². The standard InChI is InChI=1S/C15H11N3.C8H5.Pt/c1-3-10-16-12(6-1)14-8-5-9-15(18-14)13-7-2-4-11-17-13;1-2-8-6-4-3-5-7-8;/h1-11H;3-7H;/q;-1;. The van der Waals surface area contributed by atoms with Crippen molar-refractivity contribution < 1.29 is 21.1 Å². The molecule has 0 saturated carbocycles. The summed E-state index contributed by atoms with van der Waals surface area (Å²) in [5.41, 5.74) is 4.29. The molecule has 0 aliphatic carbocycles. The maximum Gasteiger partial charge on any atom is 0.0894 e. The summed E-state index contributed by atoms with van der Waals surface area (Å²) in [6.07, 6.45) is 10.2. The Balaban J connectivity index is 0.000000247. The van der Waals surface area contributed by atoms with Crippen molar-refractivity contribution in [1.82, 2.24) is 15.0 Å². The minimum atomic E-state index is 0. The van der Waals surface area contributed by atoms with Crippen molar-refractivity contribution in [3.8, 4) is 28.7 Å². The number of hydrogen-bond acceptors (Lipinski definition) is 3. The molecule has 3 nitrogen and oxygen atoms in total. The Labute approximate surface area is 173 Å². The molecule has 0 bridgehead atoms. The predicted octanol–water partition coefficient (Wildman–Crippen LogP) is 4.83. The molecule has 0 radical (unpaired) electrons. The van der Waals surface area contributed by atoms with Crippen LogP contribution in [0.5, 0.6) is 0 Å². The van der Waals surface area contributed by atoms with Gasteiger partial charge in [-0.2, -0.15) is 0 Å². The molecule has 0 unspecified atom stereocenters. The molecule has 0 spiro atoms. The summed E-state index contributed by atoms with van der Waals surface area (Å²) < 4.78 is 0. The maximum atomic E-state index is 6.69. The van der Waals surface area contributed by atoms with Crippen molar-refractivity contribution in [2.75, 3.05) is 0 Å². The van der Waals surface area contributed by atoms with Gasteiger partial charge in [0.25, 0.3) is 0 Å². The average molecular weight is 529 g/mol. The minimum Gasteiger partial charge on any atom is -0.366 e. The Morgan fingerprint density at radius 1 is 0.556 bits per heavy atom. The topological polar surface area (TPSA) is 38.7 Å². The van der Waals surface area contributed by atoms with Crippen molar-refractivity contribution in [1.29, 1.82) is 0 Å². The quantitative estimate of drug-likeness (QED) is 0.276. The van der Waals surface area contributed by atoms with Gasteiger partial charge < -0.3 is 6.42 Å². The van der Waals surface area contributed by atoms with Crippen LogP contribution in [0.1, 0.15) is 5.56 Å². The van der Waals surface area contributed by atoms with Gasteiger partial charge in [0.1, 0.15) is 0 Å². The number of nitrogens with zero attached hydrogens (tertiary/aromatic N) is 3. The van der Waals surface area contributed by atoms with Gasteiger partial charge in [-0.05, 0) is 36.4 Å². The molecule has 134 valence electrons. The molecule has 1 aromatic carbocycles. The molecule has 0 aliphatic rings. The second kappa shape index (κ2) is 10.8. The van der Waals surface area contributed by atoms with Crippen molar-refractivity contribution >= 4 is 0 Å². The zero-order chi connectivity index (χ0) is 18.0.